The van der Waals surface area contributed by atoms with Crippen LogP contribution in [0.25, 0.3) is 10.8 Å². The van der Waals surface area contributed by atoms with Gasteiger partial charge in [0, 0.05) is 16.6 Å². The summed E-state index contributed by atoms with van der Waals surface area (Å²) >= 11 is 3.57. The summed E-state index contributed by atoms with van der Waals surface area (Å²) in [6, 6.07) is 18.5. The van der Waals surface area contributed by atoms with Crippen LogP contribution in [-0.2, 0) is 11.9 Å². The van der Waals surface area contributed by atoms with E-state index >= 15 is 0 Å². The van der Waals surface area contributed by atoms with Crippen molar-refractivity contribution in [2.75, 3.05) is 0 Å². The molecule has 1 heterocycles. The largest absolute Gasteiger partial charge is 0.487 e. The van der Waals surface area contributed by atoms with Crippen molar-refractivity contribution in [2.24, 2.45) is 0 Å². The lowest BCUT2D eigenvalue weighted by Crippen LogP contribution is -2.01. The molecular weight excluding hydrogens is 326 g/mol. The molecule has 3 rings (SSSR count). The van der Waals surface area contributed by atoms with Crippen LogP contribution in [-0.4, -0.2) is 4.98 Å². The smallest absolute Gasteiger partial charge is 0.130 e. The van der Waals surface area contributed by atoms with E-state index in [9.17, 15) is 0 Å². The highest BCUT2D eigenvalue weighted by Crippen LogP contribution is 2.30. The lowest BCUT2D eigenvalue weighted by Gasteiger charge is -2.12. The number of aryl methyl sites for hydroxylation is 1. The fourth-order valence-electron chi connectivity index (χ4n) is 2.42. The second kappa shape index (κ2) is 6.27. The maximum absolute atomic E-state index is 5.98. The minimum absolute atomic E-state index is 0.486. The Labute approximate surface area is 132 Å². The van der Waals surface area contributed by atoms with Crippen molar-refractivity contribution in [3.63, 3.8) is 0 Å². The van der Waals surface area contributed by atoms with Gasteiger partial charge in [-0.3, -0.25) is 4.98 Å². The van der Waals surface area contributed by atoms with Gasteiger partial charge >= 0.3 is 0 Å². The van der Waals surface area contributed by atoms with E-state index in [-0.39, 0.29) is 0 Å². The number of benzene rings is 2. The zero-order chi connectivity index (χ0) is 14.7. The predicted molar refractivity (Wildman–Crippen MR) is 89.9 cm³/mol. The SMILES string of the molecule is Cc1cccc(COc2ccc3ccccc3c2CBr)n1. The highest BCUT2D eigenvalue weighted by molar-refractivity contribution is 9.08. The predicted octanol–water partition coefficient (Wildman–Crippen LogP) is 5.02. The van der Waals surface area contributed by atoms with Crippen LogP contribution in [0.3, 0.4) is 0 Å². The summed E-state index contributed by atoms with van der Waals surface area (Å²) in [6.07, 6.45) is 0. The minimum Gasteiger partial charge on any atom is -0.487 e. The molecule has 106 valence electrons. The molecule has 3 heteroatoms. The number of ether oxygens (including phenoxy) is 1. The van der Waals surface area contributed by atoms with Crippen molar-refractivity contribution < 1.29 is 4.74 Å². The number of alkyl halides is 1. The van der Waals surface area contributed by atoms with Gasteiger partial charge in [0.05, 0.1) is 5.69 Å². The van der Waals surface area contributed by atoms with Crippen LogP contribution in [0.15, 0.2) is 54.6 Å². The van der Waals surface area contributed by atoms with Crippen molar-refractivity contribution in [3.05, 3.63) is 71.5 Å². The Hall–Kier alpha value is -1.87. The molecule has 0 N–H and O–H groups in total. The van der Waals surface area contributed by atoms with Gasteiger partial charge < -0.3 is 4.74 Å². The normalized spacial score (nSPS) is 10.8. The number of pyridine rings is 1. The highest BCUT2D eigenvalue weighted by atomic mass is 79.9. The first-order valence-corrected chi connectivity index (χ1v) is 8.02. The first-order chi connectivity index (χ1) is 10.3. The van der Waals surface area contributed by atoms with E-state index in [0.29, 0.717) is 6.61 Å². The van der Waals surface area contributed by atoms with Gasteiger partial charge in [-0.1, -0.05) is 52.3 Å². The first-order valence-electron chi connectivity index (χ1n) is 6.90. The topological polar surface area (TPSA) is 22.1 Å². The van der Waals surface area contributed by atoms with Crippen LogP contribution in [0.5, 0.6) is 5.75 Å². The third-order valence-corrected chi connectivity index (χ3v) is 4.01. The number of fused-ring (bicyclic) bond motifs is 1. The highest BCUT2D eigenvalue weighted by Gasteiger charge is 2.08. The number of halogens is 1. The summed E-state index contributed by atoms with van der Waals surface area (Å²) in [6.45, 7) is 2.48. The summed E-state index contributed by atoms with van der Waals surface area (Å²) in [5, 5.41) is 3.22. The minimum atomic E-state index is 0.486. The number of rotatable bonds is 4. The molecule has 1 aromatic heterocycles. The molecule has 0 spiro atoms. The molecule has 0 saturated carbocycles. The Balaban J connectivity index is 1.90. The van der Waals surface area contributed by atoms with E-state index in [4.69, 9.17) is 4.74 Å². The van der Waals surface area contributed by atoms with Gasteiger partial charge in [-0.15, -0.1) is 0 Å². The third kappa shape index (κ3) is 3.08. The van der Waals surface area contributed by atoms with Gasteiger partial charge in [0.2, 0.25) is 0 Å². The molecule has 21 heavy (non-hydrogen) atoms. The monoisotopic (exact) mass is 341 g/mol. The van der Waals surface area contributed by atoms with Crippen molar-refractivity contribution in [1.29, 1.82) is 0 Å². The maximum atomic E-state index is 5.98. The van der Waals surface area contributed by atoms with E-state index < -0.39 is 0 Å². The van der Waals surface area contributed by atoms with E-state index in [0.717, 1.165) is 22.5 Å². The number of hydrogen-bond acceptors (Lipinski definition) is 2. The summed E-state index contributed by atoms with van der Waals surface area (Å²) in [5.41, 5.74) is 3.14. The molecule has 3 aromatic rings. The molecule has 2 nitrogen and oxygen atoms in total. The van der Waals surface area contributed by atoms with E-state index in [1.165, 1.54) is 16.3 Å². The van der Waals surface area contributed by atoms with Crippen molar-refractivity contribution in [2.45, 2.75) is 18.9 Å². The number of hydrogen-bond donors (Lipinski definition) is 0. The van der Waals surface area contributed by atoms with Gasteiger partial charge in [0.25, 0.3) is 0 Å². The summed E-state index contributed by atoms with van der Waals surface area (Å²) in [4.78, 5) is 4.47. The molecule has 0 saturated heterocycles. The van der Waals surface area contributed by atoms with Crippen molar-refractivity contribution in [1.82, 2.24) is 4.98 Å². The average molecular weight is 342 g/mol. The first kappa shape index (κ1) is 14.1. The van der Waals surface area contributed by atoms with Gasteiger partial charge in [0.15, 0.2) is 0 Å². The summed E-state index contributed by atoms with van der Waals surface area (Å²) in [7, 11) is 0. The Morgan fingerprint density at radius 2 is 1.86 bits per heavy atom. The fourth-order valence-corrected chi connectivity index (χ4v) is 3.00. The molecule has 0 unspecified atom stereocenters. The average Bonchev–Trinajstić information content (AvgIpc) is 2.52. The standard InChI is InChI=1S/C18H16BrNO/c1-13-5-4-7-15(20-13)12-21-18-10-9-14-6-2-3-8-16(14)17(18)11-19/h2-10H,11-12H2,1H3. The third-order valence-electron chi connectivity index (χ3n) is 3.45. The van der Waals surface area contributed by atoms with Gasteiger partial charge in [-0.25, -0.2) is 0 Å². The van der Waals surface area contributed by atoms with E-state index in [1.807, 2.05) is 31.2 Å². The molecule has 0 aliphatic carbocycles. The number of aromatic nitrogens is 1. The van der Waals surface area contributed by atoms with Gasteiger partial charge in [0.1, 0.15) is 12.4 Å². The number of nitrogens with zero attached hydrogens (tertiary/aromatic N) is 1. The fraction of sp³-hybridized carbons (Fsp3) is 0.167. The Bertz CT molecular complexity index is 770. The van der Waals surface area contributed by atoms with Crippen LogP contribution >= 0.6 is 15.9 Å². The van der Waals surface area contributed by atoms with E-state index in [2.05, 4.69) is 51.2 Å². The molecule has 0 radical (unpaired) electrons. The maximum Gasteiger partial charge on any atom is 0.130 e. The summed E-state index contributed by atoms with van der Waals surface area (Å²) < 4.78 is 5.98. The lowest BCUT2D eigenvalue weighted by atomic mass is 10.0. The molecule has 0 aliphatic heterocycles. The Morgan fingerprint density at radius 1 is 1.00 bits per heavy atom. The molecule has 0 atom stereocenters. The van der Waals surface area contributed by atoms with Crippen LogP contribution in [0.1, 0.15) is 17.0 Å². The zero-order valence-electron chi connectivity index (χ0n) is 11.8. The Kier molecular flexibility index (Phi) is 4.20. The molecule has 2 aromatic carbocycles. The lowest BCUT2D eigenvalue weighted by molar-refractivity contribution is 0.299. The molecule has 0 bridgehead atoms. The molecule has 0 fully saturated rings. The molecule has 0 amide bonds. The van der Waals surface area contributed by atoms with Crippen molar-refractivity contribution in [3.8, 4) is 5.75 Å². The second-order valence-corrected chi connectivity index (χ2v) is 5.52. The van der Waals surface area contributed by atoms with Crippen molar-refractivity contribution >= 4 is 26.7 Å². The van der Waals surface area contributed by atoms with E-state index in [1.54, 1.807) is 0 Å². The van der Waals surface area contributed by atoms with Gasteiger partial charge in [-0.2, -0.15) is 0 Å². The quantitative estimate of drug-likeness (QED) is 0.621. The molecule has 0 aliphatic rings. The zero-order valence-corrected chi connectivity index (χ0v) is 13.4. The van der Waals surface area contributed by atoms with Crippen LogP contribution in [0.2, 0.25) is 0 Å². The van der Waals surface area contributed by atoms with Gasteiger partial charge in [-0.05, 0) is 35.9 Å². The second-order valence-electron chi connectivity index (χ2n) is 4.96. The van der Waals surface area contributed by atoms with Crippen LogP contribution in [0.4, 0.5) is 0 Å². The van der Waals surface area contributed by atoms with Crippen LogP contribution in [0, 0.1) is 6.92 Å². The molecular formula is C18H16BrNO. The summed E-state index contributed by atoms with van der Waals surface area (Å²) in [5.74, 6) is 0.911. The van der Waals surface area contributed by atoms with Crippen LogP contribution < -0.4 is 4.74 Å². The Morgan fingerprint density at radius 3 is 2.67 bits per heavy atom.